The van der Waals surface area contributed by atoms with Crippen molar-refractivity contribution in [1.82, 2.24) is 15.5 Å². The third kappa shape index (κ3) is 6.93. The van der Waals surface area contributed by atoms with E-state index in [1.807, 2.05) is 6.07 Å². The van der Waals surface area contributed by atoms with Gasteiger partial charge >= 0.3 is 0 Å². The average Bonchev–Trinajstić information content (AvgIpc) is 3.24. The molecule has 0 aliphatic rings. The minimum absolute atomic E-state index is 0.195. The zero-order valence-electron chi connectivity index (χ0n) is 16.8. The lowest BCUT2D eigenvalue weighted by Crippen LogP contribution is -2.34. The lowest BCUT2D eigenvalue weighted by Gasteiger charge is -2.10. The average molecular weight is 426 g/mol. The summed E-state index contributed by atoms with van der Waals surface area (Å²) in [5, 5.41) is 31.7. The molecular formula is C23H27N3O3S. The number of carbonyl (C=O) groups is 1. The highest BCUT2D eigenvalue weighted by Crippen LogP contribution is 2.25. The van der Waals surface area contributed by atoms with Gasteiger partial charge in [0.15, 0.2) is 0 Å². The van der Waals surface area contributed by atoms with Crippen LogP contribution < -0.4 is 5.32 Å². The van der Waals surface area contributed by atoms with Crippen LogP contribution in [0.1, 0.15) is 42.7 Å². The number of aromatic hydroxyl groups is 1. The molecule has 1 aromatic heterocycles. The molecule has 2 aromatic carbocycles. The zero-order chi connectivity index (χ0) is 21.2. The van der Waals surface area contributed by atoms with Crippen molar-refractivity contribution in [1.29, 1.82) is 0 Å². The highest BCUT2D eigenvalue weighted by molar-refractivity contribution is 7.14. The summed E-state index contributed by atoms with van der Waals surface area (Å²) < 4.78 is 0. The maximum absolute atomic E-state index is 12.1. The van der Waals surface area contributed by atoms with Crippen LogP contribution in [0.4, 0.5) is 0 Å². The molecule has 0 radical (unpaired) electrons. The van der Waals surface area contributed by atoms with E-state index in [9.17, 15) is 15.0 Å². The molecule has 0 saturated carbocycles. The Bertz CT molecular complexity index is 913. The number of carbonyl (C=O) groups excluding carboxylic acids is 1. The van der Waals surface area contributed by atoms with E-state index in [2.05, 4.69) is 39.8 Å². The first kappa shape index (κ1) is 21.9. The highest BCUT2D eigenvalue weighted by atomic mass is 32.1. The van der Waals surface area contributed by atoms with E-state index in [4.69, 9.17) is 0 Å². The minimum atomic E-state index is -0.997. The molecule has 3 N–H and O–H groups in total. The number of rotatable bonds is 11. The third-order valence-corrected chi connectivity index (χ3v) is 5.81. The Morgan fingerprint density at radius 3 is 2.47 bits per heavy atom. The standard InChI is InChI=1S/C23H27N3O3S/c27-19-14-12-18(13-15-19)23-26-25-21(30-23)16-24-22(29)20(28)11-7-2-1-4-8-17-9-5-3-6-10-17/h3,5-6,9-10,12-15,20,27-28H,1-2,4,7-8,11,16H2,(H,24,29). The van der Waals surface area contributed by atoms with Crippen LogP contribution in [0.2, 0.25) is 0 Å². The molecule has 0 fully saturated rings. The van der Waals surface area contributed by atoms with Crippen molar-refractivity contribution in [2.24, 2.45) is 0 Å². The lowest BCUT2D eigenvalue weighted by molar-refractivity contribution is -0.129. The zero-order valence-corrected chi connectivity index (χ0v) is 17.6. The third-order valence-electron chi connectivity index (χ3n) is 4.83. The number of benzene rings is 2. The van der Waals surface area contributed by atoms with Gasteiger partial charge in [0.05, 0.1) is 6.54 Å². The van der Waals surface area contributed by atoms with Crippen molar-refractivity contribution in [3.8, 4) is 16.3 Å². The number of phenols is 1. The van der Waals surface area contributed by atoms with Crippen LogP contribution in [0.25, 0.3) is 10.6 Å². The first-order valence-electron chi connectivity index (χ1n) is 10.2. The number of hydrogen-bond acceptors (Lipinski definition) is 6. The van der Waals surface area contributed by atoms with Crippen LogP contribution in [-0.2, 0) is 17.8 Å². The Hall–Kier alpha value is -2.77. The maximum atomic E-state index is 12.1. The second-order valence-corrected chi connectivity index (χ2v) is 8.28. The van der Waals surface area contributed by atoms with Crippen molar-refractivity contribution >= 4 is 17.2 Å². The number of aromatic nitrogens is 2. The predicted octanol–water partition coefficient (Wildman–Crippen LogP) is 4.08. The number of unbranched alkanes of at least 4 members (excludes halogenated alkanes) is 3. The van der Waals surface area contributed by atoms with E-state index in [0.29, 0.717) is 11.4 Å². The summed E-state index contributed by atoms with van der Waals surface area (Å²) in [6, 6.07) is 17.1. The first-order valence-corrected chi connectivity index (χ1v) is 11.0. The fraction of sp³-hybridized carbons (Fsp3) is 0.348. The number of nitrogens with one attached hydrogen (secondary N) is 1. The molecule has 6 nitrogen and oxygen atoms in total. The Balaban J connectivity index is 1.31. The molecule has 3 rings (SSSR count). The number of amides is 1. The maximum Gasteiger partial charge on any atom is 0.249 e. The fourth-order valence-electron chi connectivity index (χ4n) is 3.12. The van der Waals surface area contributed by atoms with Crippen LogP contribution in [-0.4, -0.2) is 32.4 Å². The van der Waals surface area contributed by atoms with Gasteiger partial charge in [0, 0.05) is 5.56 Å². The van der Waals surface area contributed by atoms with Crippen LogP contribution in [0.5, 0.6) is 5.75 Å². The van der Waals surface area contributed by atoms with Crippen molar-refractivity contribution in [3.63, 3.8) is 0 Å². The summed E-state index contributed by atoms with van der Waals surface area (Å²) in [5.41, 5.74) is 2.21. The van der Waals surface area contributed by atoms with E-state index in [-0.39, 0.29) is 18.2 Å². The molecule has 0 saturated heterocycles. The molecular weight excluding hydrogens is 398 g/mol. The van der Waals surface area contributed by atoms with Gasteiger partial charge < -0.3 is 15.5 Å². The molecule has 0 aliphatic heterocycles. The minimum Gasteiger partial charge on any atom is -0.508 e. The molecule has 30 heavy (non-hydrogen) atoms. The molecule has 1 unspecified atom stereocenters. The van der Waals surface area contributed by atoms with Crippen LogP contribution >= 0.6 is 11.3 Å². The number of aliphatic hydroxyl groups excluding tert-OH is 1. The van der Waals surface area contributed by atoms with Gasteiger partial charge in [0.25, 0.3) is 0 Å². The highest BCUT2D eigenvalue weighted by Gasteiger charge is 2.15. The number of aliphatic hydroxyl groups is 1. The monoisotopic (exact) mass is 425 g/mol. The largest absolute Gasteiger partial charge is 0.508 e. The summed E-state index contributed by atoms with van der Waals surface area (Å²) in [5.74, 6) is -0.179. The van der Waals surface area contributed by atoms with E-state index in [1.54, 1.807) is 24.3 Å². The SMILES string of the molecule is O=C(NCc1nnc(-c2ccc(O)cc2)s1)C(O)CCCCCCc1ccccc1. The van der Waals surface area contributed by atoms with Gasteiger partial charge in [-0.05, 0) is 49.1 Å². The number of aryl methyl sites for hydroxylation is 1. The van der Waals surface area contributed by atoms with Gasteiger partial charge in [0.2, 0.25) is 5.91 Å². The number of hydrogen-bond donors (Lipinski definition) is 3. The second kappa shape index (κ2) is 11.4. The van der Waals surface area contributed by atoms with E-state index >= 15 is 0 Å². The number of nitrogens with zero attached hydrogens (tertiary/aromatic N) is 2. The fourth-order valence-corrected chi connectivity index (χ4v) is 3.91. The predicted molar refractivity (Wildman–Crippen MR) is 118 cm³/mol. The van der Waals surface area contributed by atoms with E-state index < -0.39 is 6.10 Å². The molecule has 1 heterocycles. The molecule has 0 bridgehead atoms. The van der Waals surface area contributed by atoms with Crippen LogP contribution in [0, 0.1) is 0 Å². The Morgan fingerprint density at radius 1 is 0.967 bits per heavy atom. The smallest absolute Gasteiger partial charge is 0.249 e. The van der Waals surface area contributed by atoms with Gasteiger partial charge in [-0.25, -0.2) is 0 Å². The van der Waals surface area contributed by atoms with Crippen LogP contribution in [0.15, 0.2) is 54.6 Å². The molecule has 0 spiro atoms. The van der Waals surface area contributed by atoms with Gasteiger partial charge in [-0.15, -0.1) is 10.2 Å². The van der Waals surface area contributed by atoms with Gasteiger partial charge in [-0.2, -0.15) is 0 Å². The van der Waals surface area contributed by atoms with Crippen molar-refractivity contribution < 1.29 is 15.0 Å². The van der Waals surface area contributed by atoms with E-state index in [0.717, 1.165) is 42.7 Å². The molecule has 1 atom stereocenters. The van der Waals surface area contributed by atoms with Gasteiger partial charge in [-0.1, -0.05) is 60.9 Å². The second-order valence-electron chi connectivity index (χ2n) is 7.22. The normalized spacial score (nSPS) is 11.9. The molecule has 1 amide bonds. The molecule has 158 valence electrons. The van der Waals surface area contributed by atoms with Crippen molar-refractivity contribution in [2.45, 2.75) is 51.2 Å². The molecule has 3 aromatic rings. The van der Waals surface area contributed by atoms with Crippen molar-refractivity contribution in [2.75, 3.05) is 0 Å². The van der Waals surface area contributed by atoms with Gasteiger partial charge in [0.1, 0.15) is 21.9 Å². The topological polar surface area (TPSA) is 95.3 Å². The van der Waals surface area contributed by atoms with Crippen LogP contribution in [0.3, 0.4) is 0 Å². The Kier molecular flexibility index (Phi) is 8.35. The summed E-state index contributed by atoms with van der Waals surface area (Å²) in [7, 11) is 0. The summed E-state index contributed by atoms with van der Waals surface area (Å²) in [4.78, 5) is 12.1. The number of phenolic OH excluding ortho intramolecular Hbond substituents is 1. The van der Waals surface area contributed by atoms with Crippen molar-refractivity contribution in [3.05, 3.63) is 65.2 Å². The lowest BCUT2D eigenvalue weighted by atomic mass is 10.0. The molecule has 7 heteroatoms. The Morgan fingerprint density at radius 2 is 1.70 bits per heavy atom. The summed E-state index contributed by atoms with van der Waals surface area (Å²) in [6.45, 7) is 0.239. The first-order chi connectivity index (χ1) is 14.6. The quantitative estimate of drug-likeness (QED) is 0.402. The van der Waals surface area contributed by atoms with Gasteiger partial charge in [-0.3, -0.25) is 4.79 Å². The Labute approximate surface area is 180 Å². The summed E-state index contributed by atoms with van der Waals surface area (Å²) >= 11 is 1.37. The van der Waals surface area contributed by atoms with E-state index in [1.165, 1.54) is 16.9 Å². The molecule has 0 aliphatic carbocycles. The summed E-state index contributed by atoms with van der Waals surface area (Å²) in [6.07, 6.45) is 4.57.